The second-order valence-corrected chi connectivity index (χ2v) is 2.92. The van der Waals surface area contributed by atoms with E-state index in [1.165, 1.54) is 7.11 Å². The van der Waals surface area contributed by atoms with E-state index < -0.39 is 5.54 Å². The van der Waals surface area contributed by atoms with E-state index in [-0.39, 0.29) is 12.4 Å². The highest BCUT2D eigenvalue weighted by Gasteiger charge is 2.33. The van der Waals surface area contributed by atoms with Crippen molar-refractivity contribution in [2.45, 2.75) is 18.4 Å². The van der Waals surface area contributed by atoms with Crippen molar-refractivity contribution < 1.29 is 14.3 Å². The number of carbonyl (C=O) groups is 1. The first-order valence-corrected chi connectivity index (χ1v) is 3.60. The maximum Gasteiger partial charge on any atom is 0.307 e. The van der Waals surface area contributed by atoms with Gasteiger partial charge in [-0.05, 0) is 6.42 Å². The van der Waals surface area contributed by atoms with Gasteiger partial charge in [-0.2, -0.15) is 0 Å². The molecule has 0 saturated carbocycles. The van der Waals surface area contributed by atoms with Crippen molar-refractivity contribution >= 4 is 5.97 Å². The molecular formula is C7H13NO3. The number of rotatable bonds is 2. The largest absolute Gasteiger partial charge is 0.469 e. The van der Waals surface area contributed by atoms with Crippen molar-refractivity contribution in [1.29, 1.82) is 0 Å². The summed E-state index contributed by atoms with van der Waals surface area (Å²) in [7, 11) is 1.36. The van der Waals surface area contributed by atoms with Crippen LogP contribution in [0.3, 0.4) is 0 Å². The molecule has 4 heteroatoms. The molecule has 1 atom stereocenters. The first-order valence-electron chi connectivity index (χ1n) is 3.60. The fourth-order valence-electron chi connectivity index (χ4n) is 1.12. The molecule has 0 radical (unpaired) electrons. The van der Waals surface area contributed by atoms with Crippen molar-refractivity contribution in [3.63, 3.8) is 0 Å². The second kappa shape index (κ2) is 3.19. The fourth-order valence-corrected chi connectivity index (χ4v) is 1.12. The summed E-state index contributed by atoms with van der Waals surface area (Å²) in [4.78, 5) is 10.8. The lowest BCUT2D eigenvalue weighted by Crippen LogP contribution is -2.42. The van der Waals surface area contributed by atoms with Gasteiger partial charge in [-0.3, -0.25) is 4.79 Å². The number of carbonyl (C=O) groups excluding carboxylic acids is 1. The molecular weight excluding hydrogens is 146 g/mol. The highest BCUT2D eigenvalue weighted by Crippen LogP contribution is 2.19. The van der Waals surface area contributed by atoms with Crippen LogP contribution in [0.15, 0.2) is 0 Å². The highest BCUT2D eigenvalue weighted by molar-refractivity contribution is 5.70. The van der Waals surface area contributed by atoms with Crippen LogP contribution in [0.2, 0.25) is 0 Å². The van der Waals surface area contributed by atoms with E-state index in [1.807, 2.05) is 0 Å². The average molecular weight is 159 g/mol. The van der Waals surface area contributed by atoms with Crippen LogP contribution in [0, 0.1) is 0 Å². The zero-order chi connectivity index (χ0) is 8.32. The van der Waals surface area contributed by atoms with Crippen LogP contribution in [0.1, 0.15) is 12.8 Å². The Balaban J connectivity index is 2.39. The van der Waals surface area contributed by atoms with E-state index in [0.29, 0.717) is 13.2 Å². The van der Waals surface area contributed by atoms with Gasteiger partial charge in [0.1, 0.15) is 0 Å². The molecule has 0 bridgehead atoms. The Kier molecular flexibility index (Phi) is 2.46. The van der Waals surface area contributed by atoms with Crippen LogP contribution < -0.4 is 5.73 Å². The Hall–Kier alpha value is -0.610. The smallest absolute Gasteiger partial charge is 0.307 e. The standard InChI is InChI=1S/C7H13NO3/c1-10-6(9)4-7(8)2-3-11-5-7/h2-5,8H2,1H3/t7-/m0/s1. The molecule has 1 rings (SSSR count). The first kappa shape index (κ1) is 8.49. The molecule has 1 aliphatic heterocycles. The first-order chi connectivity index (χ1) is 5.16. The van der Waals surface area contributed by atoms with Gasteiger partial charge < -0.3 is 15.2 Å². The van der Waals surface area contributed by atoms with Crippen LogP contribution in [-0.2, 0) is 14.3 Å². The molecule has 0 aromatic rings. The number of ether oxygens (including phenoxy) is 2. The number of esters is 1. The van der Waals surface area contributed by atoms with Gasteiger partial charge in [-0.25, -0.2) is 0 Å². The fraction of sp³-hybridized carbons (Fsp3) is 0.857. The Morgan fingerprint density at radius 1 is 1.82 bits per heavy atom. The predicted molar refractivity (Wildman–Crippen MR) is 39.0 cm³/mol. The Labute approximate surface area is 65.7 Å². The van der Waals surface area contributed by atoms with Gasteiger partial charge in [0.2, 0.25) is 0 Å². The summed E-state index contributed by atoms with van der Waals surface area (Å²) in [5.74, 6) is -0.266. The molecule has 2 N–H and O–H groups in total. The van der Waals surface area contributed by atoms with Gasteiger partial charge >= 0.3 is 5.97 Å². The third-order valence-corrected chi connectivity index (χ3v) is 1.86. The molecule has 1 fully saturated rings. The SMILES string of the molecule is COC(=O)C[C@@]1(N)CCOC1. The number of hydrogen-bond acceptors (Lipinski definition) is 4. The van der Waals surface area contributed by atoms with Crippen molar-refractivity contribution in [3.8, 4) is 0 Å². The molecule has 1 aliphatic rings. The molecule has 0 spiro atoms. The van der Waals surface area contributed by atoms with Crippen molar-refractivity contribution in [1.82, 2.24) is 0 Å². The predicted octanol–water partition coefficient (Wildman–Crippen LogP) is -0.333. The van der Waals surface area contributed by atoms with Crippen molar-refractivity contribution in [2.75, 3.05) is 20.3 Å². The minimum Gasteiger partial charge on any atom is -0.469 e. The van der Waals surface area contributed by atoms with Gasteiger partial charge in [0.15, 0.2) is 0 Å². The lowest BCUT2D eigenvalue weighted by Gasteiger charge is -2.19. The minimum absolute atomic E-state index is 0.253. The van der Waals surface area contributed by atoms with E-state index >= 15 is 0 Å². The topological polar surface area (TPSA) is 61.5 Å². The normalized spacial score (nSPS) is 30.4. The molecule has 11 heavy (non-hydrogen) atoms. The van der Waals surface area contributed by atoms with E-state index in [4.69, 9.17) is 10.5 Å². The Morgan fingerprint density at radius 2 is 2.55 bits per heavy atom. The summed E-state index contributed by atoms with van der Waals surface area (Å²) < 4.78 is 9.58. The molecule has 1 saturated heterocycles. The zero-order valence-corrected chi connectivity index (χ0v) is 6.63. The maximum absolute atomic E-state index is 10.8. The molecule has 0 unspecified atom stereocenters. The number of nitrogens with two attached hydrogens (primary N) is 1. The number of hydrogen-bond donors (Lipinski definition) is 1. The summed E-state index contributed by atoms with van der Waals surface area (Å²) in [5.41, 5.74) is 5.33. The molecule has 0 aromatic heterocycles. The van der Waals surface area contributed by atoms with Crippen molar-refractivity contribution in [3.05, 3.63) is 0 Å². The van der Waals surface area contributed by atoms with E-state index in [2.05, 4.69) is 4.74 Å². The van der Waals surface area contributed by atoms with Crippen LogP contribution in [0.25, 0.3) is 0 Å². The summed E-state index contributed by atoms with van der Waals surface area (Å²) in [6.07, 6.45) is 0.992. The van der Waals surface area contributed by atoms with Crippen molar-refractivity contribution in [2.24, 2.45) is 5.73 Å². The van der Waals surface area contributed by atoms with Crippen LogP contribution in [0.4, 0.5) is 0 Å². The summed E-state index contributed by atoms with van der Waals surface area (Å²) in [6.45, 7) is 1.11. The molecule has 0 aromatic carbocycles. The van der Waals surface area contributed by atoms with Crippen LogP contribution in [0.5, 0.6) is 0 Å². The van der Waals surface area contributed by atoms with Gasteiger partial charge in [-0.1, -0.05) is 0 Å². The molecule has 1 heterocycles. The molecule has 64 valence electrons. The third-order valence-electron chi connectivity index (χ3n) is 1.86. The average Bonchev–Trinajstić information content (AvgIpc) is 2.36. The molecule has 0 aliphatic carbocycles. The Morgan fingerprint density at radius 3 is 3.00 bits per heavy atom. The van der Waals surface area contributed by atoms with Gasteiger partial charge in [-0.15, -0.1) is 0 Å². The lowest BCUT2D eigenvalue weighted by atomic mass is 9.96. The molecule has 0 amide bonds. The zero-order valence-electron chi connectivity index (χ0n) is 6.63. The van der Waals surface area contributed by atoms with Gasteiger partial charge in [0.25, 0.3) is 0 Å². The van der Waals surface area contributed by atoms with E-state index in [1.54, 1.807) is 0 Å². The van der Waals surface area contributed by atoms with Gasteiger partial charge in [0, 0.05) is 6.61 Å². The summed E-state index contributed by atoms with van der Waals surface area (Å²) in [6, 6.07) is 0. The highest BCUT2D eigenvalue weighted by atomic mass is 16.5. The quantitative estimate of drug-likeness (QED) is 0.560. The number of methoxy groups -OCH3 is 1. The molecule has 4 nitrogen and oxygen atoms in total. The van der Waals surface area contributed by atoms with Crippen LogP contribution in [-0.4, -0.2) is 31.8 Å². The monoisotopic (exact) mass is 159 g/mol. The maximum atomic E-state index is 10.8. The minimum atomic E-state index is -0.479. The van der Waals surface area contributed by atoms with Gasteiger partial charge in [0.05, 0.1) is 25.7 Å². The summed E-state index contributed by atoms with van der Waals surface area (Å²) >= 11 is 0. The summed E-state index contributed by atoms with van der Waals surface area (Å²) in [5, 5.41) is 0. The lowest BCUT2D eigenvalue weighted by molar-refractivity contribution is -0.142. The Bertz CT molecular complexity index is 152. The van der Waals surface area contributed by atoms with E-state index in [0.717, 1.165) is 6.42 Å². The second-order valence-electron chi connectivity index (χ2n) is 2.92. The van der Waals surface area contributed by atoms with E-state index in [9.17, 15) is 4.79 Å². The third kappa shape index (κ3) is 2.17. The van der Waals surface area contributed by atoms with Crippen LogP contribution >= 0.6 is 0 Å².